The summed E-state index contributed by atoms with van der Waals surface area (Å²) < 4.78 is 41.9. The Morgan fingerprint density at radius 2 is 2.00 bits per heavy atom. The Balaban J connectivity index is 3.23. The zero-order chi connectivity index (χ0) is 11.5. The van der Waals surface area contributed by atoms with Crippen LogP contribution in [0.2, 0.25) is 0 Å². The van der Waals surface area contributed by atoms with Crippen molar-refractivity contribution in [2.75, 3.05) is 7.11 Å². The normalized spacial score (nSPS) is 12.0. The molecule has 0 bridgehead atoms. The minimum absolute atomic E-state index is 0.111. The number of nitrogens with zero attached hydrogens (tertiary/aromatic N) is 1. The summed E-state index contributed by atoms with van der Waals surface area (Å²) >= 11 is 0. The van der Waals surface area contributed by atoms with E-state index in [1.54, 1.807) is 0 Å². The van der Waals surface area contributed by atoms with Gasteiger partial charge in [-0.25, -0.2) is 0 Å². The maximum atomic E-state index is 12.4. The first kappa shape index (κ1) is 11.4. The number of halogens is 3. The predicted octanol–water partition coefficient (Wildman–Crippen LogP) is 2.01. The molecule has 0 saturated carbocycles. The average molecular weight is 218 g/mol. The topological polar surface area (TPSA) is 47.6 Å². The lowest BCUT2D eigenvalue weighted by Crippen LogP contribution is -2.06. The van der Waals surface area contributed by atoms with Crippen LogP contribution in [-0.4, -0.2) is 13.3 Å². The highest BCUT2D eigenvalue weighted by Gasteiger charge is 2.31. The highest BCUT2D eigenvalue weighted by Crippen LogP contribution is 2.32. The van der Waals surface area contributed by atoms with E-state index < -0.39 is 11.7 Å². The standard InChI is InChI=1S/C9H9F3N2O/c1-15-8-3-6(5-14-13)2-7(4-8)9(10,11)12/h2-5H,13H2,1H3. The Bertz CT molecular complexity index is 374. The Labute approximate surface area is 84.3 Å². The molecule has 6 heteroatoms. The van der Waals surface area contributed by atoms with Gasteiger partial charge in [0.1, 0.15) is 5.75 Å². The van der Waals surface area contributed by atoms with Gasteiger partial charge in [-0.2, -0.15) is 18.3 Å². The van der Waals surface area contributed by atoms with Crippen LogP contribution in [0.1, 0.15) is 11.1 Å². The molecule has 0 aliphatic rings. The third kappa shape index (κ3) is 2.87. The number of rotatable bonds is 2. The van der Waals surface area contributed by atoms with Crippen LogP contribution in [0.4, 0.5) is 13.2 Å². The molecular formula is C9H9F3N2O. The molecule has 0 heterocycles. The monoisotopic (exact) mass is 218 g/mol. The quantitative estimate of drug-likeness (QED) is 0.469. The van der Waals surface area contributed by atoms with Gasteiger partial charge in [0.2, 0.25) is 0 Å². The predicted molar refractivity (Wildman–Crippen MR) is 49.8 cm³/mol. The number of nitrogens with two attached hydrogens (primary N) is 1. The molecule has 3 nitrogen and oxygen atoms in total. The van der Waals surface area contributed by atoms with E-state index in [-0.39, 0.29) is 11.3 Å². The van der Waals surface area contributed by atoms with E-state index in [9.17, 15) is 13.2 Å². The van der Waals surface area contributed by atoms with Crippen molar-refractivity contribution in [1.82, 2.24) is 0 Å². The minimum Gasteiger partial charge on any atom is -0.497 e. The number of hydrogen-bond donors (Lipinski definition) is 1. The Morgan fingerprint density at radius 3 is 2.47 bits per heavy atom. The van der Waals surface area contributed by atoms with E-state index in [0.717, 1.165) is 18.3 Å². The first-order valence-electron chi connectivity index (χ1n) is 3.97. The van der Waals surface area contributed by atoms with Crippen molar-refractivity contribution in [3.05, 3.63) is 29.3 Å². The molecule has 1 aromatic carbocycles. The highest BCUT2D eigenvalue weighted by molar-refractivity contribution is 5.80. The van der Waals surface area contributed by atoms with Crippen LogP contribution < -0.4 is 10.6 Å². The molecule has 82 valence electrons. The number of hydrogen-bond acceptors (Lipinski definition) is 3. The molecule has 0 aliphatic carbocycles. The van der Waals surface area contributed by atoms with Gasteiger partial charge in [-0.15, -0.1) is 0 Å². The van der Waals surface area contributed by atoms with E-state index in [1.807, 2.05) is 0 Å². The van der Waals surface area contributed by atoms with Gasteiger partial charge in [0.05, 0.1) is 18.9 Å². The molecule has 0 fully saturated rings. The van der Waals surface area contributed by atoms with Crippen molar-refractivity contribution < 1.29 is 17.9 Å². The van der Waals surface area contributed by atoms with Crippen LogP contribution in [0, 0.1) is 0 Å². The van der Waals surface area contributed by atoms with Crippen molar-refractivity contribution in [1.29, 1.82) is 0 Å². The van der Waals surface area contributed by atoms with Gasteiger partial charge >= 0.3 is 6.18 Å². The summed E-state index contributed by atoms with van der Waals surface area (Å²) in [7, 11) is 1.29. The number of methoxy groups -OCH3 is 1. The fraction of sp³-hybridized carbons (Fsp3) is 0.222. The van der Waals surface area contributed by atoms with E-state index in [0.29, 0.717) is 0 Å². The second-order valence-corrected chi connectivity index (χ2v) is 2.77. The van der Waals surface area contributed by atoms with E-state index in [2.05, 4.69) is 5.10 Å². The molecular weight excluding hydrogens is 209 g/mol. The highest BCUT2D eigenvalue weighted by atomic mass is 19.4. The summed E-state index contributed by atoms with van der Waals surface area (Å²) in [5.41, 5.74) is -0.555. The van der Waals surface area contributed by atoms with Crippen molar-refractivity contribution >= 4 is 6.21 Å². The van der Waals surface area contributed by atoms with Crippen molar-refractivity contribution in [2.45, 2.75) is 6.18 Å². The third-order valence-electron chi connectivity index (χ3n) is 1.72. The zero-order valence-corrected chi connectivity index (χ0v) is 7.88. The molecule has 0 aliphatic heterocycles. The molecule has 1 aromatic rings. The van der Waals surface area contributed by atoms with E-state index in [4.69, 9.17) is 10.6 Å². The lowest BCUT2D eigenvalue weighted by Gasteiger charge is -2.09. The second kappa shape index (κ2) is 4.20. The first-order valence-corrected chi connectivity index (χ1v) is 3.97. The van der Waals surface area contributed by atoms with Gasteiger partial charge in [0.15, 0.2) is 0 Å². The number of alkyl halides is 3. The van der Waals surface area contributed by atoms with Crippen LogP contribution in [0.5, 0.6) is 5.75 Å². The number of hydrazone groups is 1. The maximum absolute atomic E-state index is 12.4. The summed E-state index contributed by atoms with van der Waals surface area (Å²) in [6, 6.07) is 3.26. The van der Waals surface area contributed by atoms with Crippen LogP contribution in [0.15, 0.2) is 23.3 Å². The largest absolute Gasteiger partial charge is 0.497 e. The fourth-order valence-corrected chi connectivity index (χ4v) is 1.06. The van der Waals surface area contributed by atoms with Gasteiger partial charge in [-0.1, -0.05) is 0 Å². The van der Waals surface area contributed by atoms with Gasteiger partial charge in [-0.05, 0) is 23.8 Å². The van der Waals surface area contributed by atoms with Crippen LogP contribution in [0.25, 0.3) is 0 Å². The lowest BCUT2D eigenvalue weighted by atomic mass is 10.1. The molecule has 15 heavy (non-hydrogen) atoms. The van der Waals surface area contributed by atoms with Crippen LogP contribution in [0.3, 0.4) is 0 Å². The molecule has 0 atom stereocenters. The summed E-state index contributed by atoms with van der Waals surface area (Å²) in [5.74, 6) is 4.97. The molecule has 0 aromatic heterocycles. The first-order chi connectivity index (χ1) is 6.97. The fourth-order valence-electron chi connectivity index (χ4n) is 1.06. The van der Waals surface area contributed by atoms with E-state index in [1.165, 1.54) is 13.2 Å². The molecule has 0 radical (unpaired) electrons. The minimum atomic E-state index is -4.41. The summed E-state index contributed by atoms with van der Waals surface area (Å²) in [6.07, 6.45) is -3.29. The molecule has 0 unspecified atom stereocenters. The molecule has 0 saturated heterocycles. The average Bonchev–Trinajstić information content (AvgIpc) is 2.16. The van der Waals surface area contributed by atoms with Gasteiger partial charge in [0.25, 0.3) is 0 Å². The van der Waals surface area contributed by atoms with E-state index >= 15 is 0 Å². The second-order valence-electron chi connectivity index (χ2n) is 2.77. The van der Waals surface area contributed by atoms with Crippen LogP contribution in [-0.2, 0) is 6.18 Å². The van der Waals surface area contributed by atoms with Crippen molar-refractivity contribution in [2.24, 2.45) is 10.9 Å². The molecule has 0 spiro atoms. The maximum Gasteiger partial charge on any atom is 0.416 e. The lowest BCUT2D eigenvalue weighted by molar-refractivity contribution is -0.137. The van der Waals surface area contributed by atoms with Gasteiger partial charge < -0.3 is 10.6 Å². The van der Waals surface area contributed by atoms with Crippen molar-refractivity contribution in [3.63, 3.8) is 0 Å². The Hall–Kier alpha value is -1.72. The Morgan fingerprint density at radius 1 is 1.33 bits per heavy atom. The SMILES string of the molecule is COc1cc(C=NN)cc(C(F)(F)F)c1. The summed E-state index contributed by atoms with van der Waals surface area (Å²) in [4.78, 5) is 0. The van der Waals surface area contributed by atoms with Crippen molar-refractivity contribution in [3.8, 4) is 5.75 Å². The number of benzene rings is 1. The summed E-state index contributed by atoms with van der Waals surface area (Å²) in [5, 5.41) is 3.16. The third-order valence-corrected chi connectivity index (χ3v) is 1.72. The Kier molecular flexibility index (Phi) is 3.18. The zero-order valence-electron chi connectivity index (χ0n) is 7.88. The number of ether oxygens (including phenoxy) is 1. The van der Waals surface area contributed by atoms with Gasteiger partial charge in [-0.3, -0.25) is 0 Å². The smallest absolute Gasteiger partial charge is 0.416 e. The molecule has 2 N–H and O–H groups in total. The summed E-state index contributed by atoms with van der Waals surface area (Å²) in [6.45, 7) is 0. The molecule has 1 rings (SSSR count). The van der Waals surface area contributed by atoms with Gasteiger partial charge in [0, 0.05) is 0 Å². The molecule has 0 amide bonds. The van der Waals surface area contributed by atoms with Crippen LogP contribution >= 0.6 is 0 Å².